The molecule has 0 aliphatic heterocycles. The smallest absolute Gasteiger partial charge is 0.224 e. The molecule has 0 bridgehead atoms. The van der Waals surface area contributed by atoms with Gasteiger partial charge in [-0.3, -0.25) is 14.4 Å². The largest absolute Gasteiger partial charge is 0.326 e. The summed E-state index contributed by atoms with van der Waals surface area (Å²) >= 11 is 4.77. The molecule has 1 amide bonds. The van der Waals surface area contributed by atoms with E-state index in [9.17, 15) is 14.4 Å². The van der Waals surface area contributed by atoms with Crippen molar-refractivity contribution in [2.24, 2.45) is 0 Å². The summed E-state index contributed by atoms with van der Waals surface area (Å²) < 4.78 is 0.874. The Morgan fingerprint density at radius 2 is 1.79 bits per heavy atom. The number of hydrogen-bond acceptors (Lipinski definition) is 4. The molecule has 126 valence electrons. The molecule has 0 unspecified atom stereocenters. The summed E-state index contributed by atoms with van der Waals surface area (Å²) in [5.41, 5.74) is 0.685. The second kappa shape index (κ2) is 8.89. The monoisotopic (exact) mass is 407 g/mol. The van der Waals surface area contributed by atoms with Crippen LogP contribution >= 0.6 is 27.3 Å². The van der Waals surface area contributed by atoms with Gasteiger partial charge < -0.3 is 5.32 Å². The molecule has 2 aromatic rings. The molecule has 1 heterocycles. The van der Waals surface area contributed by atoms with Crippen LogP contribution in [0.15, 0.2) is 40.9 Å². The molecule has 0 saturated carbocycles. The molecule has 1 aromatic heterocycles. The zero-order chi connectivity index (χ0) is 17.5. The number of benzene rings is 1. The van der Waals surface area contributed by atoms with Crippen LogP contribution in [0.3, 0.4) is 0 Å². The number of anilines is 1. The van der Waals surface area contributed by atoms with Crippen molar-refractivity contribution in [3.8, 4) is 0 Å². The first-order valence-electron chi connectivity index (χ1n) is 7.61. The average Bonchev–Trinajstić information content (AvgIpc) is 2.97. The maximum Gasteiger partial charge on any atom is 0.224 e. The van der Waals surface area contributed by atoms with Gasteiger partial charge in [-0.05, 0) is 37.3 Å². The van der Waals surface area contributed by atoms with E-state index < -0.39 is 0 Å². The van der Waals surface area contributed by atoms with Gasteiger partial charge in [0.05, 0.1) is 4.88 Å². The van der Waals surface area contributed by atoms with Crippen LogP contribution < -0.4 is 5.32 Å². The van der Waals surface area contributed by atoms with E-state index in [0.29, 0.717) is 10.6 Å². The third-order valence-electron chi connectivity index (χ3n) is 3.39. The van der Waals surface area contributed by atoms with E-state index in [4.69, 9.17) is 0 Å². The van der Waals surface area contributed by atoms with E-state index in [0.717, 1.165) is 9.35 Å². The van der Waals surface area contributed by atoms with Crippen LogP contribution in [0, 0.1) is 6.92 Å². The summed E-state index contributed by atoms with van der Waals surface area (Å²) in [6.07, 6.45) is 0.653. The fraction of sp³-hybridized carbons (Fsp3) is 0.278. The molecule has 0 aliphatic rings. The predicted molar refractivity (Wildman–Crippen MR) is 99.6 cm³/mol. The summed E-state index contributed by atoms with van der Waals surface area (Å²) in [5.74, 6) is -0.289. The first-order chi connectivity index (χ1) is 11.4. The summed E-state index contributed by atoms with van der Waals surface area (Å²) in [6.45, 7) is 1.94. The van der Waals surface area contributed by atoms with Crippen molar-refractivity contribution < 1.29 is 14.4 Å². The Hall–Kier alpha value is -1.79. The van der Waals surface area contributed by atoms with Gasteiger partial charge in [0, 0.05) is 40.7 Å². The third-order valence-corrected chi connectivity index (χ3v) is 4.92. The van der Waals surface area contributed by atoms with E-state index in [-0.39, 0.29) is 43.2 Å². The third kappa shape index (κ3) is 6.02. The molecule has 24 heavy (non-hydrogen) atoms. The fourth-order valence-corrected chi connectivity index (χ4v) is 3.36. The molecule has 2 rings (SSSR count). The molecular weight excluding hydrogens is 390 g/mol. The minimum atomic E-state index is -0.207. The van der Waals surface area contributed by atoms with E-state index in [1.165, 1.54) is 11.3 Å². The molecule has 6 heteroatoms. The number of aryl methyl sites for hydroxylation is 1. The number of amides is 1. The highest BCUT2D eigenvalue weighted by Crippen LogP contribution is 2.18. The highest BCUT2D eigenvalue weighted by atomic mass is 79.9. The van der Waals surface area contributed by atoms with Crippen molar-refractivity contribution >= 4 is 50.4 Å². The maximum absolute atomic E-state index is 11.9. The molecule has 4 nitrogen and oxygen atoms in total. The average molecular weight is 408 g/mol. The van der Waals surface area contributed by atoms with E-state index in [1.807, 2.05) is 25.1 Å². The Morgan fingerprint density at radius 1 is 1.04 bits per heavy atom. The van der Waals surface area contributed by atoms with E-state index in [2.05, 4.69) is 21.2 Å². The Morgan fingerprint density at radius 3 is 2.46 bits per heavy atom. The molecule has 1 aromatic carbocycles. The van der Waals surface area contributed by atoms with Crippen LogP contribution in [0.25, 0.3) is 0 Å². The van der Waals surface area contributed by atoms with Gasteiger partial charge in [0.15, 0.2) is 5.78 Å². The zero-order valence-electron chi connectivity index (χ0n) is 13.3. The van der Waals surface area contributed by atoms with Gasteiger partial charge in [0.1, 0.15) is 5.78 Å². The number of halogens is 1. The van der Waals surface area contributed by atoms with Gasteiger partial charge in [-0.15, -0.1) is 11.3 Å². The minimum Gasteiger partial charge on any atom is -0.326 e. The number of ketones is 2. The zero-order valence-corrected chi connectivity index (χ0v) is 15.7. The molecular formula is C18H18BrNO3S. The summed E-state index contributed by atoms with van der Waals surface area (Å²) in [6, 6.07) is 11.0. The molecule has 0 aliphatic carbocycles. The molecule has 0 spiro atoms. The highest BCUT2D eigenvalue weighted by Gasteiger charge is 2.12. The van der Waals surface area contributed by atoms with Crippen molar-refractivity contribution in [3.63, 3.8) is 0 Å². The van der Waals surface area contributed by atoms with Gasteiger partial charge in [0.2, 0.25) is 5.91 Å². The van der Waals surface area contributed by atoms with Crippen molar-refractivity contribution in [1.82, 2.24) is 0 Å². The molecule has 1 N–H and O–H groups in total. The lowest BCUT2D eigenvalue weighted by Gasteiger charge is -2.05. The number of carbonyl (C=O) groups is 3. The molecule has 0 saturated heterocycles. The van der Waals surface area contributed by atoms with Crippen LogP contribution in [-0.4, -0.2) is 17.5 Å². The van der Waals surface area contributed by atoms with Gasteiger partial charge in [-0.2, -0.15) is 0 Å². The summed E-state index contributed by atoms with van der Waals surface area (Å²) in [4.78, 5) is 37.4. The molecule has 0 radical (unpaired) electrons. The first kappa shape index (κ1) is 18.5. The Bertz CT molecular complexity index is 754. The number of rotatable bonds is 8. The number of thiophene rings is 1. The van der Waals surface area contributed by atoms with Gasteiger partial charge in [0.25, 0.3) is 0 Å². The SMILES string of the molecule is Cc1ccc(C(=O)CCC(=O)CCC(=O)Nc2cccc(Br)c2)s1. The van der Waals surface area contributed by atoms with Crippen LogP contribution in [0.1, 0.15) is 40.2 Å². The second-order valence-electron chi connectivity index (χ2n) is 5.43. The van der Waals surface area contributed by atoms with Crippen molar-refractivity contribution in [1.29, 1.82) is 0 Å². The van der Waals surface area contributed by atoms with E-state index in [1.54, 1.807) is 18.2 Å². The molecule has 0 fully saturated rings. The number of hydrogen-bond donors (Lipinski definition) is 1. The van der Waals surface area contributed by atoms with E-state index >= 15 is 0 Å². The highest BCUT2D eigenvalue weighted by molar-refractivity contribution is 9.10. The lowest BCUT2D eigenvalue weighted by Crippen LogP contribution is -2.13. The van der Waals surface area contributed by atoms with Gasteiger partial charge >= 0.3 is 0 Å². The standard InChI is InChI=1S/C18H18BrNO3S/c1-12-5-9-17(24-12)16(22)8-6-15(21)7-10-18(23)20-14-4-2-3-13(19)11-14/h2-5,9,11H,6-8,10H2,1H3,(H,20,23). The number of carbonyl (C=O) groups excluding carboxylic acids is 3. The second-order valence-corrected chi connectivity index (χ2v) is 7.63. The van der Waals surface area contributed by atoms with Crippen LogP contribution in [0.2, 0.25) is 0 Å². The molecule has 0 atom stereocenters. The van der Waals surface area contributed by atoms with Gasteiger partial charge in [-0.25, -0.2) is 0 Å². The van der Waals surface area contributed by atoms with Gasteiger partial charge in [-0.1, -0.05) is 22.0 Å². The van der Waals surface area contributed by atoms with Crippen LogP contribution in [-0.2, 0) is 9.59 Å². The van der Waals surface area contributed by atoms with Crippen LogP contribution in [0.5, 0.6) is 0 Å². The topological polar surface area (TPSA) is 63.2 Å². The normalized spacial score (nSPS) is 10.4. The van der Waals surface area contributed by atoms with Crippen molar-refractivity contribution in [3.05, 3.63) is 50.6 Å². The Balaban J connectivity index is 1.71. The lowest BCUT2D eigenvalue weighted by molar-refractivity contribution is -0.122. The van der Waals surface area contributed by atoms with Crippen LogP contribution in [0.4, 0.5) is 5.69 Å². The fourth-order valence-electron chi connectivity index (χ4n) is 2.13. The van der Waals surface area contributed by atoms with Crippen molar-refractivity contribution in [2.45, 2.75) is 32.6 Å². The first-order valence-corrected chi connectivity index (χ1v) is 9.22. The minimum absolute atomic E-state index is 0.0139. The maximum atomic E-state index is 11.9. The van der Waals surface area contributed by atoms with Crippen molar-refractivity contribution in [2.75, 3.05) is 5.32 Å². The lowest BCUT2D eigenvalue weighted by atomic mass is 10.1. The Labute approximate surface area is 153 Å². The summed E-state index contributed by atoms with van der Waals surface area (Å²) in [7, 11) is 0. The quantitative estimate of drug-likeness (QED) is 0.640. The predicted octanol–water partition coefficient (Wildman–Crippen LogP) is 4.77. The number of nitrogens with one attached hydrogen (secondary N) is 1. The number of Topliss-reactive ketones (excluding diaryl/α,β-unsaturated/α-hetero) is 2. The summed E-state index contributed by atoms with van der Waals surface area (Å²) in [5, 5.41) is 2.75. The Kier molecular flexibility index (Phi) is 6.87.